The molecule has 0 amide bonds. The average Bonchev–Trinajstić information content (AvgIpc) is 3.07. The van der Waals surface area contributed by atoms with Crippen molar-refractivity contribution in [2.24, 2.45) is 0 Å². The van der Waals surface area contributed by atoms with Gasteiger partial charge in [0, 0.05) is 73.4 Å². The molecule has 43 heavy (non-hydrogen) atoms. The summed E-state index contributed by atoms with van der Waals surface area (Å²) in [6.07, 6.45) is 8.09. The average molecular weight is 574 g/mol. The number of allylic oxidation sites excluding steroid dienone is 1. The molecule has 1 N–H and O–H groups in total. The lowest BCUT2D eigenvalue weighted by atomic mass is 9.98. The van der Waals surface area contributed by atoms with E-state index in [0.717, 1.165) is 67.5 Å². The molecule has 0 unspecified atom stereocenters. The number of carbonyl (C=O) groups excluding carboxylic acids is 1. The Morgan fingerprint density at radius 2 is 1.63 bits per heavy atom. The maximum absolute atomic E-state index is 12.1. The summed E-state index contributed by atoms with van der Waals surface area (Å²) in [6, 6.07) is 25.3. The first-order chi connectivity index (χ1) is 21.1. The van der Waals surface area contributed by atoms with Crippen LogP contribution >= 0.6 is 0 Å². The second kappa shape index (κ2) is 13.7. The molecule has 0 spiro atoms. The van der Waals surface area contributed by atoms with E-state index in [-0.39, 0.29) is 5.78 Å². The molecule has 7 nitrogen and oxygen atoms in total. The van der Waals surface area contributed by atoms with Gasteiger partial charge in [0.15, 0.2) is 5.78 Å². The molecule has 2 aliphatic heterocycles. The fourth-order valence-corrected chi connectivity index (χ4v) is 5.88. The molecule has 0 radical (unpaired) electrons. The largest absolute Gasteiger partial charge is 0.378 e. The Labute approximate surface area is 254 Å². The molecule has 220 valence electrons. The van der Waals surface area contributed by atoms with Crippen LogP contribution in [0.4, 0.5) is 23.0 Å². The van der Waals surface area contributed by atoms with Gasteiger partial charge in [0.2, 0.25) is 5.95 Å². The SMILES string of the molecule is C=CC(=O)Cc1cccc(-c2nc(Nc3cccc(N4CCCCC4)c3)ncc2Cc2ccc(N3CCOCC3)cc2)c1. The zero-order valence-corrected chi connectivity index (χ0v) is 24.7. The first-order valence-electron chi connectivity index (χ1n) is 15.3. The summed E-state index contributed by atoms with van der Waals surface area (Å²) in [7, 11) is 0. The lowest BCUT2D eigenvalue weighted by Gasteiger charge is -2.29. The van der Waals surface area contributed by atoms with Gasteiger partial charge in [-0.05, 0) is 72.9 Å². The van der Waals surface area contributed by atoms with Gasteiger partial charge in [-0.15, -0.1) is 0 Å². The van der Waals surface area contributed by atoms with Gasteiger partial charge in [-0.2, -0.15) is 0 Å². The van der Waals surface area contributed by atoms with Crippen molar-refractivity contribution in [1.82, 2.24) is 9.97 Å². The first kappa shape index (κ1) is 28.6. The van der Waals surface area contributed by atoms with Crippen LogP contribution in [-0.4, -0.2) is 55.1 Å². The van der Waals surface area contributed by atoms with E-state index in [2.05, 4.69) is 82.4 Å². The Morgan fingerprint density at radius 1 is 0.860 bits per heavy atom. The summed E-state index contributed by atoms with van der Waals surface area (Å²) in [4.78, 5) is 26.7. The summed E-state index contributed by atoms with van der Waals surface area (Å²) in [5, 5.41) is 3.45. The molecular weight excluding hydrogens is 534 g/mol. The first-order valence-corrected chi connectivity index (χ1v) is 15.3. The molecule has 3 aromatic carbocycles. The fraction of sp³-hybridized carbons (Fsp3) is 0.306. The molecule has 2 fully saturated rings. The van der Waals surface area contributed by atoms with Crippen LogP contribution in [0.15, 0.2) is 91.6 Å². The van der Waals surface area contributed by atoms with Crippen molar-refractivity contribution in [2.45, 2.75) is 32.1 Å². The molecular formula is C36H39N5O2. The van der Waals surface area contributed by atoms with E-state index in [1.54, 1.807) is 0 Å². The topological polar surface area (TPSA) is 70.6 Å². The zero-order valence-electron chi connectivity index (χ0n) is 24.7. The van der Waals surface area contributed by atoms with Crippen LogP contribution in [0.5, 0.6) is 0 Å². The van der Waals surface area contributed by atoms with Crippen LogP contribution in [0.25, 0.3) is 11.3 Å². The number of rotatable bonds is 10. The van der Waals surface area contributed by atoms with Crippen molar-refractivity contribution in [2.75, 3.05) is 54.5 Å². The fourth-order valence-electron chi connectivity index (χ4n) is 5.88. The number of benzene rings is 3. The number of anilines is 4. The number of hydrogen-bond donors (Lipinski definition) is 1. The lowest BCUT2D eigenvalue weighted by molar-refractivity contribution is -0.114. The van der Waals surface area contributed by atoms with E-state index >= 15 is 0 Å². The Kier molecular flexibility index (Phi) is 9.09. The van der Waals surface area contributed by atoms with Crippen LogP contribution in [0.3, 0.4) is 0 Å². The van der Waals surface area contributed by atoms with E-state index in [1.165, 1.54) is 42.3 Å². The highest BCUT2D eigenvalue weighted by Crippen LogP contribution is 2.29. The molecule has 4 aromatic rings. The van der Waals surface area contributed by atoms with Crippen molar-refractivity contribution in [3.63, 3.8) is 0 Å². The summed E-state index contributed by atoms with van der Waals surface area (Å²) in [6.45, 7) is 9.18. The van der Waals surface area contributed by atoms with Crippen LogP contribution in [0, 0.1) is 0 Å². The molecule has 1 aromatic heterocycles. The van der Waals surface area contributed by atoms with E-state index in [0.29, 0.717) is 18.8 Å². The predicted molar refractivity (Wildman–Crippen MR) is 174 cm³/mol. The van der Waals surface area contributed by atoms with E-state index in [1.807, 2.05) is 18.3 Å². The van der Waals surface area contributed by atoms with Crippen molar-refractivity contribution >= 4 is 28.8 Å². The second-order valence-corrected chi connectivity index (χ2v) is 11.3. The van der Waals surface area contributed by atoms with Crippen molar-refractivity contribution in [3.8, 4) is 11.3 Å². The van der Waals surface area contributed by atoms with Crippen LogP contribution in [0.1, 0.15) is 36.0 Å². The molecule has 0 aliphatic carbocycles. The highest BCUT2D eigenvalue weighted by Gasteiger charge is 2.15. The number of morpholine rings is 1. The molecule has 0 bridgehead atoms. The minimum atomic E-state index is -0.00337. The normalized spacial score (nSPS) is 15.3. The summed E-state index contributed by atoms with van der Waals surface area (Å²) < 4.78 is 5.51. The molecule has 6 rings (SSSR count). The van der Waals surface area contributed by atoms with Gasteiger partial charge in [-0.3, -0.25) is 4.79 Å². The molecule has 0 saturated carbocycles. The number of ketones is 1. The number of aromatic nitrogens is 2. The third-order valence-electron chi connectivity index (χ3n) is 8.20. The minimum absolute atomic E-state index is 0.00337. The number of nitrogens with zero attached hydrogens (tertiary/aromatic N) is 4. The van der Waals surface area contributed by atoms with Crippen LogP contribution in [-0.2, 0) is 22.4 Å². The lowest BCUT2D eigenvalue weighted by Crippen LogP contribution is -2.36. The third-order valence-corrected chi connectivity index (χ3v) is 8.20. The zero-order chi connectivity index (χ0) is 29.4. The standard InChI is InChI=1S/C36H39N5O2/c1-2-34(42)24-28-8-6-9-29(23-28)35-30(22-27-12-14-32(15-13-27)41-18-20-43-21-19-41)26-37-36(39-35)38-31-10-7-11-33(25-31)40-16-4-3-5-17-40/h2,6-15,23,25-26H,1,3-5,16-22,24H2,(H,37,38,39). The van der Waals surface area contributed by atoms with Gasteiger partial charge in [0.25, 0.3) is 0 Å². The number of hydrogen-bond acceptors (Lipinski definition) is 7. The smallest absolute Gasteiger partial charge is 0.227 e. The molecule has 7 heteroatoms. The van der Waals surface area contributed by atoms with Gasteiger partial charge in [0.05, 0.1) is 18.9 Å². The van der Waals surface area contributed by atoms with Gasteiger partial charge < -0.3 is 19.9 Å². The Balaban J connectivity index is 1.29. The maximum atomic E-state index is 12.1. The molecule has 2 saturated heterocycles. The summed E-state index contributed by atoms with van der Waals surface area (Å²) in [5.74, 6) is 0.543. The van der Waals surface area contributed by atoms with Gasteiger partial charge in [0.1, 0.15) is 0 Å². The number of carbonyl (C=O) groups is 1. The van der Waals surface area contributed by atoms with Crippen LogP contribution < -0.4 is 15.1 Å². The highest BCUT2D eigenvalue weighted by molar-refractivity contribution is 5.91. The number of piperidine rings is 1. The Morgan fingerprint density at radius 3 is 2.42 bits per heavy atom. The maximum Gasteiger partial charge on any atom is 0.227 e. The van der Waals surface area contributed by atoms with Crippen LogP contribution in [0.2, 0.25) is 0 Å². The van der Waals surface area contributed by atoms with Crippen molar-refractivity contribution in [3.05, 3.63) is 108 Å². The summed E-state index contributed by atoms with van der Waals surface area (Å²) >= 11 is 0. The van der Waals surface area contributed by atoms with Crippen molar-refractivity contribution in [1.29, 1.82) is 0 Å². The molecule has 3 heterocycles. The number of ether oxygens (including phenoxy) is 1. The summed E-state index contributed by atoms with van der Waals surface area (Å²) in [5.41, 5.74) is 8.37. The number of nitrogens with one attached hydrogen (secondary N) is 1. The Bertz CT molecular complexity index is 1560. The Hall–Kier alpha value is -4.49. The second-order valence-electron chi connectivity index (χ2n) is 11.3. The van der Waals surface area contributed by atoms with Crippen molar-refractivity contribution < 1.29 is 9.53 Å². The third kappa shape index (κ3) is 7.30. The highest BCUT2D eigenvalue weighted by atomic mass is 16.5. The molecule has 0 atom stereocenters. The predicted octanol–water partition coefficient (Wildman–Crippen LogP) is 6.60. The van der Waals surface area contributed by atoms with E-state index < -0.39 is 0 Å². The van der Waals surface area contributed by atoms with Gasteiger partial charge in [-0.25, -0.2) is 9.97 Å². The minimum Gasteiger partial charge on any atom is -0.378 e. The monoisotopic (exact) mass is 573 g/mol. The van der Waals surface area contributed by atoms with Gasteiger partial charge >= 0.3 is 0 Å². The molecule has 2 aliphatic rings. The quantitative estimate of drug-likeness (QED) is 0.214. The van der Waals surface area contributed by atoms with E-state index in [9.17, 15) is 4.79 Å². The van der Waals surface area contributed by atoms with Gasteiger partial charge in [-0.1, -0.05) is 43.0 Å². The van der Waals surface area contributed by atoms with E-state index in [4.69, 9.17) is 14.7 Å².